The fraction of sp³-hybridized carbons (Fsp3) is 0.696. The van der Waals surface area contributed by atoms with Crippen molar-refractivity contribution >= 4 is 23.7 Å². The molecular formula is C23H35ClN4O6. The van der Waals surface area contributed by atoms with Gasteiger partial charge in [0, 0.05) is 37.8 Å². The summed E-state index contributed by atoms with van der Waals surface area (Å²) >= 11 is 6.14. The van der Waals surface area contributed by atoms with E-state index in [1.165, 1.54) is 6.07 Å². The molecule has 2 N–H and O–H groups in total. The number of pyridine rings is 1. The van der Waals surface area contributed by atoms with E-state index < -0.39 is 11.6 Å². The van der Waals surface area contributed by atoms with Crippen LogP contribution in [0.4, 0.5) is 4.79 Å². The fourth-order valence-corrected chi connectivity index (χ4v) is 4.25. The summed E-state index contributed by atoms with van der Waals surface area (Å²) in [6.45, 7) is 8.72. The van der Waals surface area contributed by atoms with Crippen LogP contribution in [0.15, 0.2) is 6.07 Å². The second kappa shape index (κ2) is 11.4. The Kier molecular flexibility index (Phi) is 8.83. The molecule has 11 heteroatoms. The number of nitrogens with zero attached hydrogens (tertiary/aromatic N) is 3. The summed E-state index contributed by atoms with van der Waals surface area (Å²) in [5, 5.41) is 13.2. The monoisotopic (exact) mass is 498 g/mol. The molecule has 2 saturated heterocycles. The first-order valence-electron chi connectivity index (χ1n) is 11.6. The van der Waals surface area contributed by atoms with Crippen molar-refractivity contribution in [3.63, 3.8) is 0 Å². The predicted octanol–water partition coefficient (Wildman–Crippen LogP) is 2.88. The van der Waals surface area contributed by atoms with E-state index in [0.717, 1.165) is 19.4 Å². The molecule has 1 aromatic rings. The fourth-order valence-electron chi connectivity index (χ4n) is 4.07. The normalized spacial score (nSPS) is 21.4. The van der Waals surface area contributed by atoms with E-state index in [9.17, 15) is 14.7 Å². The number of carboxylic acid groups (broad SMARTS) is 1. The summed E-state index contributed by atoms with van der Waals surface area (Å²) in [7, 11) is 2.02. The highest BCUT2D eigenvalue weighted by Gasteiger charge is 2.28. The third kappa shape index (κ3) is 7.35. The molecule has 0 bridgehead atoms. The van der Waals surface area contributed by atoms with Gasteiger partial charge < -0.3 is 34.4 Å². The van der Waals surface area contributed by atoms with Crippen molar-refractivity contribution in [2.24, 2.45) is 0 Å². The molecule has 0 spiro atoms. The van der Waals surface area contributed by atoms with E-state index in [-0.39, 0.29) is 47.1 Å². The lowest BCUT2D eigenvalue weighted by Gasteiger charge is -2.34. The number of carbonyl (C=O) groups excluding carboxylic acids is 1. The average Bonchev–Trinajstić information content (AvgIpc) is 3.15. The first kappa shape index (κ1) is 26.3. The van der Waals surface area contributed by atoms with Gasteiger partial charge in [0.15, 0.2) is 5.56 Å². The van der Waals surface area contributed by atoms with Crippen molar-refractivity contribution < 1.29 is 28.9 Å². The summed E-state index contributed by atoms with van der Waals surface area (Å²) in [4.78, 5) is 32.3. The molecule has 0 unspecified atom stereocenters. The van der Waals surface area contributed by atoms with E-state index >= 15 is 0 Å². The minimum atomic E-state index is -1.19. The summed E-state index contributed by atoms with van der Waals surface area (Å²) in [5.41, 5.74) is -0.696. The van der Waals surface area contributed by atoms with Crippen LogP contribution in [0.5, 0.6) is 11.6 Å². The number of piperazine rings is 1. The van der Waals surface area contributed by atoms with Crippen LogP contribution in [-0.4, -0.2) is 96.1 Å². The molecule has 0 aromatic carbocycles. The van der Waals surface area contributed by atoms with E-state index in [2.05, 4.69) is 15.2 Å². The number of carbonyl (C=O) groups is 2. The Labute approximate surface area is 205 Å². The van der Waals surface area contributed by atoms with Crippen molar-refractivity contribution in [3.05, 3.63) is 16.8 Å². The molecular weight excluding hydrogens is 464 g/mol. The van der Waals surface area contributed by atoms with Gasteiger partial charge in [0.05, 0.1) is 6.61 Å². The molecule has 3 heterocycles. The zero-order valence-corrected chi connectivity index (χ0v) is 21.1. The van der Waals surface area contributed by atoms with Gasteiger partial charge in [-0.1, -0.05) is 11.6 Å². The van der Waals surface area contributed by atoms with Gasteiger partial charge in [0.2, 0.25) is 5.88 Å². The molecule has 34 heavy (non-hydrogen) atoms. The predicted molar refractivity (Wildman–Crippen MR) is 127 cm³/mol. The first-order valence-corrected chi connectivity index (χ1v) is 12.0. The summed E-state index contributed by atoms with van der Waals surface area (Å²) < 4.78 is 17.1. The lowest BCUT2D eigenvalue weighted by molar-refractivity contribution is 0.0187. The Balaban J connectivity index is 1.60. The van der Waals surface area contributed by atoms with Gasteiger partial charge in [0.25, 0.3) is 0 Å². The largest absolute Gasteiger partial charge is 0.492 e. The molecule has 1 amide bonds. The number of rotatable bonds is 8. The van der Waals surface area contributed by atoms with Crippen molar-refractivity contribution in [1.82, 2.24) is 20.1 Å². The average molecular weight is 499 g/mol. The zero-order chi connectivity index (χ0) is 24.9. The molecule has 190 valence electrons. The quantitative estimate of drug-likeness (QED) is 0.522. The molecule has 3 rings (SSSR count). The van der Waals surface area contributed by atoms with Gasteiger partial charge in [-0.2, -0.15) is 0 Å². The van der Waals surface area contributed by atoms with E-state index in [1.54, 1.807) is 4.90 Å². The number of nitrogens with one attached hydrogen (secondary N) is 1. The van der Waals surface area contributed by atoms with Gasteiger partial charge in [0.1, 0.15) is 23.1 Å². The molecule has 0 saturated carbocycles. The topological polar surface area (TPSA) is 113 Å². The summed E-state index contributed by atoms with van der Waals surface area (Å²) in [6, 6.07) is 1.58. The maximum Gasteiger partial charge on any atom is 0.410 e. The van der Waals surface area contributed by atoms with Crippen LogP contribution in [0.2, 0.25) is 5.15 Å². The van der Waals surface area contributed by atoms with Crippen molar-refractivity contribution in [2.75, 3.05) is 46.4 Å². The SMILES string of the molecule is CN1CCC[C@H]1COc1nc(Cl)cc(OCC[C@H]2CN(C(=O)OC(C)(C)C)CCN2)c1C(=O)O. The van der Waals surface area contributed by atoms with Crippen LogP contribution in [0.25, 0.3) is 0 Å². The Morgan fingerprint density at radius 3 is 2.71 bits per heavy atom. The maximum absolute atomic E-state index is 12.4. The third-order valence-corrected chi connectivity index (χ3v) is 6.04. The van der Waals surface area contributed by atoms with E-state index in [4.69, 9.17) is 25.8 Å². The Morgan fingerprint density at radius 2 is 2.06 bits per heavy atom. The molecule has 2 fully saturated rings. The number of amides is 1. The number of likely N-dealkylation sites (tertiary alicyclic amines) is 1. The van der Waals surface area contributed by atoms with Crippen molar-refractivity contribution in [1.29, 1.82) is 0 Å². The van der Waals surface area contributed by atoms with Gasteiger partial charge in [-0.15, -0.1) is 0 Å². The lowest BCUT2D eigenvalue weighted by atomic mass is 10.1. The van der Waals surface area contributed by atoms with E-state index in [1.807, 2.05) is 27.8 Å². The number of hydrogen-bond acceptors (Lipinski definition) is 8. The van der Waals surface area contributed by atoms with Crippen LogP contribution in [0, 0.1) is 0 Å². The second-order valence-electron chi connectivity index (χ2n) is 9.73. The van der Waals surface area contributed by atoms with Crippen LogP contribution < -0.4 is 14.8 Å². The van der Waals surface area contributed by atoms with Gasteiger partial charge in [-0.05, 0) is 53.6 Å². The zero-order valence-electron chi connectivity index (χ0n) is 20.3. The van der Waals surface area contributed by atoms with Crippen LogP contribution in [-0.2, 0) is 4.74 Å². The standard InChI is InChI=1S/C23H35ClN4O6/c1-23(2,3)34-22(31)28-10-8-25-15(13-28)7-11-32-17-12-18(24)26-20(19(17)21(29)30)33-14-16-6-5-9-27(16)4/h12,15-16,25H,5-11,13-14H2,1-4H3,(H,29,30)/t15-,16-/m0/s1. The molecule has 2 atom stereocenters. The highest BCUT2D eigenvalue weighted by Crippen LogP contribution is 2.31. The number of halogens is 1. The summed E-state index contributed by atoms with van der Waals surface area (Å²) in [6.07, 6.45) is 2.27. The number of likely N-dealkylation sites (N-methyl/N-ethyl adjacent to an activating group) is 1. The Bertz CT molecular complexity index is 878. The Morgan fingerprint density at radius 1 is 1.29 bits per heavy atom. The lowest BCUT2D eigenvalue weighted by Crippen LogP contribution is -2.53. The minimum Gasteiger partial charge on any atom is -0.492 e. The van der Waals surface area contributed by atoms with Gasteiger partial charge >= 0.3 is 12.1 Å². The van der Waals surface area contributed by atoms with Gasteiger partial charge in [-0.3, -0.25) is 0 Å². The number of carboxylic acids is 1. The van der Waals surface area contributed by atoms with E-state index in [0.29, 0.717) is 32.7 Å². The molecule has 2 aliphatic heterocycles. The molecule has 0 aliphatic carbocycles. The first-order chi connectivity index (χ1) is 16.0. The highest BCUT2D eigenvalue weighted by atomic mass is 35.5. The summed E-state index contributed by atoms with van der Waals surface area (Å²) in [5.74, 6) is -1.12. The van der Waals surface area contributed by atoms with Crippen molar-refractivity contribution in [3.8, 4) is 11.6 Å². The highest BCUT2D eigenvalue weighted by molar-refractivity contribution is 6.29. The maximum atomic E-state index is 12.4. The number of aromatic carboxylic acids is 1. The molecule has 0 radical (unpaired) electrons. The number of ether oxygens (including phenoxy) is 3. The molecule has 2 aliphatic rings. The van der Waals surface area contributed by atoms with Gasteiger partial charge in [-0.25, -0.2) is 14.6 Å². The smallest absolute Gasteiger partial charge is 0.410 e. The number of hydrogen-bond donors (Lipinski definition) is 2. The molecule has 10 nitrogen and oxygen atoms in total. The third-order valence-electron chi connectivity index (χ3n) is 5.85. The molecule has 1 aromatic heterocycles. The second-order valence-corrected chi connectivity index (χ2v) is 10.1. The van der Waals surface area contributed by atoms with Crippen molar-refractivity contribution in [2.45, 2.75) is 57.7 Å². The van der Waals surface area contributed by atoms with Crippen LogP contribution >= 0.6 is 11.6 Å². The van der Waals surface area contributed by atoms with Crippen LogP contribution in [0.1, 0.15) is 50.4 Å². The van der Waals surface area contributed by atoms with Crippen LogP contribution in [0.3, 0.4) is 0 Å². The number of aromatic nitrogens is 1. The minimum absolute atomic E-state index is 0.0134. The Hall–Kier alpha value is -2.30.